The highest BCUT2D eigenvalue weighted by molar-refractivity contribution is 9.10. The molecule has 0 radical (unpaired) electrons. The number of aromatic nitrogens is 2. The lowest BCUT2D eigenvalue weighted by atomic mass is 9.99. The average Bonchev–Trinajstić information content (AvgIpc) is 3.08. The van der Waals surface area contributed by atoms with Crippen LogP contribution in [0.3, 0.4) is 0 Å². The molecule has 27 heavy (non-hydrogen) atoms. The predicted octanol–water partition coefficient (Wildman–Crippen LogP) is 5.39. The van der Waals surface area contributed by atoms with Crippen molar-refractivity contribution >= 4 is 27.0 Å². The normalized spacial score (nSPS) is 11.0. The van der Waals surface area contributed by atoms with Gasteiger partial charge in [0.15, 0.2) is 0 Å². The van der Waals surface area contributed by atoms with Gasteiger partial charge in [-0.15, -0.1) is 0 Å². The molecule has 0 fully saturated rings. The highest BCUT2D eigenvalue weighted by Gasteiger charge is 2.16. The van der Waals surface area contributed by atoms with Crippen LogP contribution in [0.25, 0.3) is 33.4 Å². The third-order valence-corrected chi connectivity index (χ3v) is 4.87. The molecule has 0 amide bonds. The number of halogens is 1. The maximum atomic E-state index is 5.73. The number of H-pyrrole nitrogens is 1. The first-order valence-corrected chi connectivity index (χ1v) is 9.71. The van der Waals surface area contributed by atoms with Crippen molar-refractivity contribution in [1.82, 2.24) is 9.97 Å². The molecule has 0 aliphatic rings. The third kappa shape index (κ3) is 3.75. The smallest absolute Gasteiger partial charge is 0.138 e. The van der Waals surface area contributed by atoms with Crippen LogP contribution in [-0.2, 0) is 0 Å². The summed E-state index contributed by atoms with van der Waals surface area (Å²) in [5, 5.41) is 1.08. The molecule has 0 aliphatic carbocycles. The first-order valence-electron chi connectivity index (χ1n) is 8.92. The van der Waals surface area contributed by atoms with Crippen LogP contribution in [0, 0.1) is 0 Å². The van der Waals surface area contributed by atoms with Crippen molar-refractivity contribution in [3.63, 3.8) is 0 Å². The topological polar surface area (TPSA) is 63.9 Å². The Hall–Kier alpha value is -2.63. The number of rotatable bonds is 6. The first kappa shape index (κ1) is 17.8. The van der Waals surface area contributed by atoms with Crippen LogP contribution in [0.5, 0.6) is 5.75 Å². The highest BCUT2D eigenvalue weighted by Crippen LogP contribution is 2.39. The molecule has 3 N–H and O–H groups in total. The Kier molecular flexibility index (Phi) is 5.23. The fourth-order valence-corrected chi connectivity index (χ4v) is 3.49. The van der Waals surface area contributed by atoms with Crippen LogP contribution in [0.2, 0.25) is 0 Å². The maximum Gasteiger partial charge on any atom is 0.138 e. The van der Waals surface area contributed by atoms with Gasteiger partial charge in [0.1, 0.15) is 11.4 Å². The molecular formula is C22H20BrN3O. The lowest BCUT2D eigenvalue weighted by Crippen LogP contribution is -2.05. The van der Waals surface area contributed by atoms with E-state index in [2.05, 4.69) is 56.2 Å². The molecule has 136 valence electrons. The molecular weight excluding hydrogens is 402 g/mol. The second-order valence-electron chi connectivity index (χ2n) is 6.31. The van der Waals surface area contributed by atoms with Crippen molar-refractivity contribution in [2.24, 2.45) is 5.73 Å². The quantitative estimate of drug-likeness (QED) is 0.410. The van der Waals surface area contributed by atoms with Crippen LogP contribution in [0.1, 0.15) is 6.42 Å². The van der Waals surface area contributed by atoms with Crippen LogP contribution in [0.4, 0.5) is 0 Å². The van der Waals surface area contributed by atoms with E-state index in [0.29, 0.717) is 13.2 Å². The van der Waals surface area contributed by atoms with Gasteiger partial charge in [0.05, 0.1) is 12.3 Å². The summed E-state index contributed by atoms with van der Waals surface area (Å²) in [7, 11) is 0. The van der Waals surface area contributed by atoms with Crippen molar-refractivity contribution in [2.45, 2.75) is 6.42 Å². The summed E-state index contributed by atoms with van der Waals surface area (Å²) in [4.78, 5) is 8.03. The Morgan fingerprint density at radius 3 is 2.52 bits per heavy atom. The number of nitrogens with two attached hydrogens (primary N) is 1. The molecule has 0 bridgehead atoms. The van der Waals surface area contributed by atoms with Gasteiger partial charge >= 0.3 is 0 Å². The van der Waals surface area contributed by atoms with Crippen molar-refractivity contribution < 1.29 is 4.74 Å². The Bertz CT molecular complexity index is 1040. The zero-order valence-corrected chi connectivity index (χ0v) is 16.4. The van der Waals surface area contributed by atoms with Crippen molar-refractivity contribution in [1.29, 1.82) is 0 Å². The molecule has 0 spiro atoms. The summed E-state index contributed by atoms with van der Waals surface area (Å²) < 4.78 is 6.69. The first-order chi connectivity index (χ1) is 13.3. The van der Waals surface area contributed by atoms with Gasteiger partial charge in [-0.2, -0.15) is 0 Å². The van der Waals surface area contributed by atoms with Crippen LogP contribution >= 0.6 is 15.9 Å². The van der Waals surface area contributed by atoms with Gasteiger partial charge in [0.2, 0.25) is 0 Å². The standard InChI is InChI=1S/C22H20BrN3O/c23-17-13-19-20(15-7-9-18(10-8-15)27-12-4-11-24)21(26-22(19)25-14-17)16-5-2-1-3-6-16/h1-3,5-10,13-14H,4,11-12,24H2,(H,25,26). The molecule has 2 heterocycles. The van der Waals surface area contributed by atoms with E-state index in [1.165, 1.54) is 0 Å². The second-order valence-corrected chi connectivity index (χ2v) is 7.22. The number of hydrogen-bond donors (Lipinski definition) is 2. The second kappa shape index (κ2) is 7.94. The molecule has 4 aromatic rings. The van der Waals surface area contributed by atoms with E-state index < -0.39 is 0 Å². The number of pyridine rings is 1. The molecule has 5 heteroatoms. The van der Waals surface area contributed by atoms with Gasteiger partial charge in [-0.1, -0.05) is 42.5 Å². The lowest BCUT2D eigenvalue weighted by Gasteiger charge is -2.08. The number of fused-ring (bicyclic) bond motifs is 1. The van der Waals surface area contributed by atoms with E-state index in [9.17, 15) is 0 Å². The molecule has 0 unspecified atom stereocenters. The summed E-state index contributed by atoms with van der Waals surface area (Å²) in [6.45, 7) is 1.27. The Morgan fingerprint density at radius 2 is 1.78 bits per heavy atom. The predicted molar refractivity (Wildman–Crippen MR) is 114 cm³/mol. The fourth-order valence-electron chi connectivity index (χ4n) is 3.16. The van der Waals surface area contributed by atoms with E-state index in [1.54, 1.807) is 0 Å². The molecule has 4 nitrogen and oxygen atoms in total. The molecule has 0 aliphatic heterocycles. The van der Waals surface area contributed by atoms with Gasteiger partial charge < -0.3 is 15.5 Å². The highest BCUT2D eigenvalue weighted by atomic mass is 79.9. The third-order valence-electron chi connectivity index (χ3n) is 4.44. The summed E-state index contributed by atoms with van der Waals surface area (Å²) in [5.41, 5.74) is 10.8. The molecule has 4 rings (SSSR count). The largest absolute Gasteiger partial charge is 0.494 e. The molecule has 2 aromatic heterocycles. The zero-order chi connectivity index (χ0) is 18.6. The Labute approximate surface area is 166 Å². The van der Waals surface area contributed by atoms with Crippen molar-refractivity contribution in [2.75, 3.05) is 13.2 Å². The average molecular weight is 422 g/mol. The number of nitrogens with zero attached hydrogens (tertiary/aromatic N) is 1. The van der Waals surface area contributed by atoms with Gasteiger partial charge in [0, 0.05) is 21.6 Å². The van der Waals surface area contributed by atoms with E-state index >= 15 is 0 Å². The molecule has 2 aromatic carbocycles. The van der Waals surface area contributed by atoms with E-state index in [4.69, 9.17) is 10.5 Å². The van der Waals surface area contributed by atoms with Crippen molar-refractivity contribution in [3.8, 4) is 28.1 Å². The molecule has 0 saturated heterocycles. The van der Waals surface area contributed by atoms with Crippen LogP contribution < -0.4 is 10.5 Å². The van der Waals surface area contributed by atoms with Crippen molar-refractivity contribution in [3.05, 3.63) is 71.3 Å². The van der Waals surface area contributed by atoms with Gasteiger partial charge in [-0.25, -0.2) is 4.98 Å². The van der Waals surface area contributed by atoms with Gasteiger partial charge in [-0.05, 0) is 58.2 Å². The number of benzene rings is 2. The molecule has 0 saturated carbocycles. The minimum absolute atomic E-state index is 0.634. The minimum atomic E-state index is 0.634. The summed E-state index contributed by atoms with van der Waals surface area (Å²) >= 11 is 3.54. The SMILES string of the molecule is NCCCOc1ccc(-c2c(-c3ccccc3)[nH]c3ncc(Br)cc23)cc1. The van der Waals surface area contributed by atoms with E-state index in [0.717, 1.165) is 50.1 Å². The van der Waals surface area contributed by atoms with Crippen LogP contribution in [-0.4, -0.2) is 23.1 Å². The van der Waals surface area contributed by atoms with E-state index in [1.807, 2.05) is 36.5 Å². The Balaban J connectivity index is 1.81. The summed E-state index contributed by atoms with van der Waals surface area (Å²) in [6.07, 6.45) is 2.66. The maximum absolute atomic E-state index is 5.73. The molecule has 0 atom stereocenters. The lowest BCUT2D eigenvalue weighted by molar-refractivity contribution is 0.313. The number of aromatic amines is 1. The summed E-state index contributed by atoms with van der Waals surface area (Å²) in [5.74, 6) is 0.854. The fraction of sp³-hybridized carbons (Fsp3) is 0.136. The number of ether oxygens (including phenoxy) is 1. The number of nitrogens with one attached hydrogen (secondary N) is 1. The van der Waals surface area contributed by atoms with Gasteiger partial charge in [0.25, 0.3) is 0 Å². The number of hydrogen-bond acceptors (Lipinski definition) is 3. The van der Waals surface area contributed by atoms with E-state index in [-0.39, 0.29) is 0 Å². The van der Waals surface area contributed by atoms with Gasteiger partial charge in [-0.3, -0.25) is 0 Å². The zero-order valence-electron chi connectivity index (χ0n) is 14.8. The summed E-state index contributed by atoms with van der Waals surface area (Å²) in [6, 6.07) is 20.6. The monoisotopic (exact) mass is 421 g/mol. The minimum Gasteiger partial charge on any atom is -0.494 e. The Morgan fingerprint density at radius 1 is 1.00 bits per heavy atom. The van der Waals surface area contributed by atoms with Crippen LogP contribution in [0.15, 0.2) is 71.3 Å².